The molecule has 1 aromatic rings. The Morgan fingerprint density at radius 2 is 1.91 bits per heavy atom. The Labute approximate surface area is 150 Å². The van der Waals surface area contributed by atoms with Gasteiger partial charge in [-0.15, -0.1) is 12.4 Å². The van der Waals surface area contributed by atoms with Crippen LogP contribution in [0.1, 0.15) is 13.3 Å². The number of ether oxygens (including phenoxy) is 2. The van der Waals surface area contributed by atoms with Crippen LogP contribution in [0.2, 0.25) is 0 Å². The molecule has 9 heteroatoms. The summed E-state index contributed by atoms with van der Waals surface area (Å²) in [5.41, 5.74) is 0. The molecule has 2 aliphatic rings. The molecule has 0 saturated carbocycles. The van der Waals surface area contributed by atoms with E-state index in [0.29, 0.717) is 29.2 Å². The van der Waals surface area contributed by atoms with Crippen molar-refractivity contribution in [1.82, 2.24) is 10.0 Å². The Kier molecular flexibility index (Phi) is 6.18. The highest BCUT2D eigenvalue weighted by molar-refractivity contribution is 9.10. The fourth-order valence-electron chi connectivity index (χ4n) is 2.70. The molecule has 0 spiro atoms. The highest BCUT2D eigenvalue weighted by Gasteiger charge is 2.29. The molecule has 130 valence electrons. The number of halogens is 2. The maximum Gasteiger partial charge on any atom is 0.242 e. The van der Waals surface area contributed by atoms with E-state index < -0.39 is 10.0 Å². The molecule has 1 fully saturated rings. The van der Waals surface area contributed by atoms with Gasteiger partial charge in [-0.25, -0.2) is 13.1 Å². The standard InChI is InChI=1S/C14H19BrN2O4S.ClH/c1-9-8-16-3-2-11(9)17-22(18,19)14-7-13-12(6-10(14)15)20-4-5-21-13;/h6-7,9,11,16-17H,2-5,8H2,1H3;1H. The first-order chi connectivity index (χ1) is 10.5. The lowest BCUT2D eigenvalue weighted by molar-refractivity contribution is 0.171. The number of rotatable bonds is 3. The van der Waals surface area contributed by atoms with E-state index in [2.05, 4.69) is 26.0 Å². The fraction of sp³-hybridized carbons (Fsp3) is 0.571. The number of piperidine rings is 1. The third-order valence-electron chi connectivity index (χ3n) is 3.98. The summed E-state index contributed by atoms with van der Waals surface area (Å²) < 4.78 is 39.6. The summed E-state index contributed by atoms with van der Waals surface area (Å²) in [7, 11) is -3.62. The van der Waals surface area contributed by atoms with Crippen molar-refractivity contribution in [3.8, 4) is 11.5 Å². The summed E-state index contributed by atoms with van der Waals surface area (Å²) >= 11 is 3.32. The lowest BCUT2D eigenvalue weighted by Crippen LogP contribution is -2.48. The van der Waals surface area contributed by atoms with Crippen molar-refractivity contribution in [2.45, 2.75) is 24.3 Å². The van der Waals surface area contributed by atoms with E-state index in [0.717, 1.165) is 19.5 Å². The van der Waals surface area contributed by atoms with Gasteiger partial charge in [-0.1, -0.05) is 6.92 Å². The van der Waals surface area contributed by atoms with Crippen LogP contribution in [0.15, 0.2) is 21.5 Å². The van der Waals surface area contributed by atoms with Crippen LogP contribution in [0.5, 0.6) is 11.5 Å². The average Bonchev–Trinajstić information content (AvgIpc) is 2.48. The van der Waals surface area contributed by atoms with E-state index in [1.54, 1.807) is 6.07 Å². The molecular formula is C14H20BrClN2O4S. The van der Waals surface area contributed by atoms with E-state index in [1.807, 2.05) is 6.92 Å². The molecule has 3 rings (SSSR count). The zero-order chi connectivity index (χ0) is 15.7. The molecule has 1 aromatic carbocycles. The van der Waals surface area contributed by atoms with Crippen LogP contribution >= 0.6 is 28.3 Å². The smallest absolute Gasteiger partial charge is 0.242 e. The average molecular weight is 428 g/mol. The number of benzene rings is 1. The zero-order valence-corrected chi connectivity index (χ0v) is 15.9. The molecule has 2 heterocycles. The van der Waals surface area contributed by atoms with Gasteiger partial charge in [0.2, 0.25) is 10.0 Å². The highest BCUT2D eigenvalue weighted by atomic mass is 79.9. The molecule has 0 amide bonds. The minimum Gasteiger partial charge on any atom is -0.486 e. The minimum absolute atomic E-state index is 0. The van der Waals surface area contributed by atoms with Gasteiger partial charge in [0, 0.05) is 16.6 Å². The summed E-state index contributed by atoms with van der Waals surface area (Å²) in [4.78, 5) is 0.183. The van der Waals surface area contributed by atoms with Crippen molar-refractivity contribution in [2.24, 2.45) is 5.92 Å². The van der Waals surface area contributed by atoms with Crippen LogP contribution in [-0.2, 0) is 10.0 Å². The molecule has 0 radical (unpaired) electrons. The summed E-state index contributed by atoms with van der Waals surface area (Å²) in [5.74, 6) is 1.28. The zero-order valence-electron chi connectivity index (χ0n) is 12.7. The number of fused-ring (bicyclic) bond motifs is 1. The van der Waals surface area contributed by atoms with Crippen molar-refractivity contribution in [3.05, 3.63) is 16.6 Å². The topological polar surface area (TPSA) is 76.7 Å². The van der Waals surface area contributed by atoms with Crippen molar-refractivity contribution >= 4 is 38.4 Å². The molecule has 2 unspecified atom stereocenters. The molecule has 0 aromatic heterocycles. The van der Waals surface area contributed by atoms with E-state index in [9.17, 15) is 8.42 Å². The largest absolute Gasteiger partial charge is 0.486 e. The number of hydrogen-bond donors (Lipinski definition) is 2. The van der Waals surface area contributed by atoms with Gasteiger partial charge in [-0.05, 0) is 47.4 Å². The minimum atomic E-state index is -3.62. The summed E-state index contributed by atoms with van der Waals surface area (Å²) in [6, 6.07) is 3.10. The van der Waals surface area contributed by atoms with Crippen LogP contribution in [-0.4, -0.2) is 40.8 Å². The maximum absolute atomic E-state index is 12.7. The fourth-order valence-corrected chi connectivity index (χ4v) is 5.12. The molecule has 0 aliphatic carbocycles. The van der Waals surface area contributed by atoms with Crippen LogP contribution in [0, 0.1) is 5.92 Å². The second-order valence-electron chi connectivity index (χ2n) is 5.62. The Morgan fingerprint density at radius 3 is 2.57 bits per heavy atom. The first-order valence-corrected chi connectivity index (χ1v) is 9.57. The van der Waals surface area contributed by atoms with E-state index >= 15 is 0 Å². The Hall–Kier alpha value is -0.540. The van der Waals surface area contributed by atoms with Crippen molar-refractivity contribution < 1.29 is 17.9 Å². The molecule has 23 heavy (non-hydrogen) atoms. The van der Waals surface area contributed by atoms with Gasteiger partial charge in [0.25, 0.3) is 0 Å². The second-order valence-corrected chi connectivity index (χ2v) is 8.16. The first-order valence-electron chi connectivity index (χ1n) is 7.29. The van der Waals surface area contributed by atoms with Gasteiger partial charge in [-0.3, -0.25) is 0 Å². The van der Waals surface area contributed by atoms with Crippen molar-refractivity contribution in [3.63, 3.8) is 0 Å². The molecule has 2 N–H and O–H groups in total. The number of sulfonamides is 1. The Bertz CT molecular complexity index is 671. The van der Waals surface area contributed by atoms with Crippen LogP contribution in [0.25, 0.3) is 0 Å². The molecule has 1 saturated heterocycles. The van der Waals surface area contributed by atoms with Gasteiger partial charge in [0.15, 0.2) is 11.5 Å². The highest BCUT2D eigenvalue weighted by Crippen LogP contribution is 2.37. The third kappa shape index (κ3) is 4.11. The summed E-state index contributed by atoms with van der Waals surface area (Å²) in [5, 5.41) is 3.26. The lowest BCUT2D eigenvalue weighted by Gasteiger charge is -2.30. The Morgan fingerprint density at radius 1 is 1.26 bits per heavy atom. The predicted octanol–water partition coefficient (Wildman–Crippen LogP) is 1.92. The Balaban J connectivity index is 0.00000192. The van der Waals surface area contributed by atoms with Crippen LogP contribution in [0.4, 0.5) is 0 Å². The molecular weight excluding hydrogens is 408 g/mol. The third-order valence-corrected chi connectivity index (χ3v) is 6.43. The normalized spacial score (nSPS) is 23.9. The van der Waals surface area contributed by atoms with E-state index in [1.165, 1.54) is 6.07 Å². The number of nitrogens with one attached hydrogen (secondary N) is 2. The lowest BCUT2D eigenvalue weighted by atomic mass is 9.97. The van der Waals surface area contributed by atoms with Crippen LogP contribution in [0.3, 0.4) is 0 Å². The first kappa shape index (κ1) is 18.8. The maximum atomic E-state index is 12.7. The van der Waals surface area contributed by atoms with Crippen molar-refractivity contribution in [1.29, 1.82) is 0 Å². The molecule has 2 aliphatic heterocycles. The van der Waals surface area contributed by atoms with Gasteiger partial charge in [0.1, 0.15) is 18.1 Å². The van der Waals surface area contributed by atoms with Gasteiger partial charge >= 0.3 is 0 Å². The van der Waals surface area contributed by atoms with Gasteiger partial charge in [0.05, 0.1) is 0 Å². The number of hydrogen-bond acceptors (Lipinski definition) is 5. The van der Waals surface area contributed by atoms with Gasteiger partial charge < -0.3 is 14.8 Å². The SMILES string of the molecule is CC1CNCCC1NS(=O)(=O)c1cc2c(cc1Br)OCCO2.Cl. The van der Waals surface area contributed by atoms with Crippen molar-refractivity contribution in [2.75, 3.05) is 26.3 Å². The quantitative estimate of drug-likeness (QED) is 0.771. The molecule has 2 atom stereocenters. The molecule has 6 nitrogen and oxygen atoms in total. The van der Waals surface area contributed by atoms with E-state index in [4.69, 9.17) is 9.47 Å². The summed E-state index contributed by atoms with van der Waals surface area (Å²) in [6.45, 7) is 4.57. The second kappa shape index (κ2) is 7.57. The summed E-state index contributed by atoms with van der Waals surface area (Å²) in [6.07, 6.45) is 0.780. The van der Waals surface area contributed by atoms with E-state index in [-0.39, 0.29) is 29.3 Å². The van der Waals surface area contributed by atoms with Gasteiger partial charge in [-0.2, -0.15) is 0 Å². The molecule has 0 bridgehead atoms. The van der Waals surface area contributed by atoms with Crippen LogP contribution < -0.4 is 19.5 Å². The monoisotopic (exact) mass is 426 g/mol. The predicted molar refractivity (Wildman–Crippen MR) is 93.1 cm³/mol.